The summed E-state index contributed by atoms with van der Waals surface area (Å²) in [4.78, 5) is 16.1. The smallest absolute Gasteiger partial charge is 0.166 e. The van der Waals surface area contributed by atoms with E-state index < -0.39 is 0 Å². The van der Waals surface area contributed by atoms with E-state index in [1.165, 1.54) is 26.9 Å². The molecule has 0 amide bonds. The largest absolute Gasteiger partial charge is 0.460 e. The highest BCUT2D eigenvalue weighted by Crippen LogP contribution is 2.44. The number of para-hydroxylation sites is 3. The number of rotatable bonds is 4. The van der Waals surface area contributed by atoms with E-state index in [1.54, 1.807) is 0 Å². The summed E-state index contributed by atoms with van der Waals surface area (Å²) >= 11 is 0. The molecule has 0 spiro atoms. The minimum Gasteiger partial charge on any atom is -0.460 e. The second-order valence-corrected chi connectivity index (χ2v) is 15.5. The van der Waals surface area contributed by atoms with Crippen molar-refractivity contribution < 1.29 is 8.83 Å². The van der Waals surface area contributed by atoms with Crippen LogP contribution in [0.15, 0.2) is 173 Å². The van der Waals surface area contributed by atoms with Crippen LogP contribution in [0.1, 0.15) is 23.6 Å². The van der Waals surface area contributed by atoms with Crippen LogP contribution in [0.5, 0.6) is 0 Å². The van der Waals surface area contributed by atoms with Gasteiger partial charge in [0.1, 0.15) is 22.5 Å². The van der Waals surface area contributed by atoms with Gasteiger partial charge in [-0.05, 0) is 88.1 Å². The fourth-order valence-electron chi connectivity index (χ4n) is 9.34. The normalized spacial score (nSPS) is 13.1. The van der Waals surface area contributed by atoms with Crippen molar-refractivity contribution in [3.63, 3.8) is 0 Å². The van der Waals surface area contributed by atoms with Crippen molar-refractivity contribution in [3.8, 4) is 28.5 Å². The molecule has 12 aromatic rings. The summed E-state index contributed by atoms with van der Waals surface area (Å²) in [6.45, 7) is 0. The molecule has 1 aliphatic carbocycles. The van der Waals surface area contributed by atoms with Gasteiger partial charge < -0.3 is 13.4 Å². The second kappa shape index (κ2) is 12.3. The minimum absolute atomic E-state index is 0.593. The van der Waals surface area contributed by atoms with Crippen LogP contribution in [0.3, 0.4) is 0 Å². The summed E-state index contributed by atoms with van der Waals surface area (Å²) < 4.78 is 15.3. The standard InChI is InChI=1S/C53H32N4O2/c1-2-12-32-27-35(22-21-31(32)11-1)51-54-52(36-23-25-47-42(29-36)38-16-6-9-19-45(38)58-47)56-53(55-51)40-24-26-48-49(39-17-7-10-20-46(39)59-48)50(40)57-43-18-8-5-15-37(43)41-28-33-13-3-4-14-34(33)30-44(41)57/h1-22,24,26-30H,23,25H2. The van der Waals surface area contributed by atoms with E-state index in [-0.39, 0.29) is 0 Å². The molecule has 8 aromatic carbocycles. The molecule has 0 aliphatic heterocycles. The van der Waals surface area contributed by atoms with Gasteiger partial charge in [-0.25, -0.2) is 15.0 Å². The number of aryl methyl sites for hydroxylation is 1. The fraction of sp³-hybridized carbons (Fsp3) is 0.0377. The number of hydrogen-bond acceptors (Lipinski definition) is 5. The third-order valence-corrected chi connectivity index (χ3v) is 12.1. The molecule has 4 aromatic heterocycles. The van der Waals surface area contributed by atoms with E-state index in [1.807, 2.05) is 24.3 Å². The zero-order valence-corrected chi connectivity index (χ0v) is 31.7. The summed E-state index contributed by atoms with van der Waals surface area (Å²) in [5.41, 5.74) is 9.65. The predicted molar refractivity (Wildman–Crippen MR) is 240 cm³/mol. The summed E-state index contributed by atoms with van der Waals surface area (Å²) in [6, 6.07) is 57.5. The Balaban J connectivity index is 1.14. The maximum Gasteiger partial charge on any atom is 0.166 e. The zero-order valence-electron chi connectivity index (χ0n) is 31.7. The Hall–Kier alpha value is -7.83. The molecule has 0 saturated heterocycles. The van der Waals surface area contributed by atoms with Crippen molar-refractivity contribution >= 4 is 87.9 Å². The Morgan fingerprint density at radius 1 is 0.441 bits per heavy atom. The third-order valence-electron chi connectivity index (χ3n) is 12.1. The number of benzene rings is 8. The lowest BCUT2D eigenvalue weighted by molar-refractivity contribution is 0.547. The van der Waals surface area contributed by atoms with Crippen molar-refractivity contribution in [1.82, 2.24) is 19.5 Å². The van der Waals surface area contributed by atoms with Gasteiger partial charge in [-0.3, -0.25) is 0 Å². The SMILES string of the molecule is C1=C(c2nc(-c3ccc4ccccc4c3)nc(-c3ccc4oc5ccccc5c4c3-n3c4ccccc4c4cc5ccccc5cc43)n2)CCc2oc3ccccc3c21. The van der Waals surface area contributed by atoms with Gasteiger partial charge >= 0.3 is 0 Å². The maximum atomic E-state index is 6.61. The predicted octanol–water partition coefficient (Wildman–Crippen LogP) is 13.7. The summed E-state index contributed by atoms with van der Waals surface area (Å²) in [5, 5.41) is 10.2. The Labute approximate surface area is 337 Å². The molecular weight excluding hydrogens is 725 g/mol. The lowest BCUT2D eigenvalue weighted by atomic mass is 9.95. The lowest BCUT2D eigenvalue weighted by Gasteiger charge is -2.17. The lowest BCUT2D eigenvalue weighted by Crippen LogP contribution is -2.07. The first-order valence-corrected chi connectivity index (χ1v) is 20.1. The van der Waals surface area contributed by atoms with Crippen molar-refractivity contribution in [2.24, 2.45) is 0 Å². The van der Waals surface area contributed by atoms with E-state index >= 15 is 0 Å². The third kappa shape index (κ3) is 4.90. The van der Waals surface area contributed by atoms with Crippen LogP contribution in [0.4, 0.5) is 0 Å². The summed E-state index contributed by atoms with van der Waals surface area (Å²) in [5.74, 6) is 2.87. The van der Waals surface area contributed by atoms with Gasteiger partial charge in [-0.15, -0.1) is 0 Å². The zero-order chi connectivity index (χ0) is 38.6. The van der Waals surface area contributed by atoms with Gasteiger partial charge in [0.25, 0.3) is 0 Å². The molecule has 0 N–H and O–H groups in total. The number of furan rings is 2. The molecular formula is C53H32N4O2. The van der Waals surface area contributed by atoms with Gasteiger partial charge in [-0.2, -0.15) is 0 Å². The Morgan fingerprint density at radius 3 is 1.95 bits per heavy atom. The van der Waals surface area contributed by atoms with Crippen LogP contribution >= 0.6 is 0 Å². The van der Waals surface area contributed by atoms with Crippen LogP contribution in [0, 0.1) is 0 Å². The highest BCUT2D eigenvalue weighted by molar-refractivity contribution is 6.18. The number of aromatic nitrogens is 4. The molecule has 276 valence electrons. The first-order valence-electron chi connectivity index (χ1n) is 20.1. The fourth-order valence-corrected chi connectivity index (χ4v) is 9.34. The highest BCUT2D eigenvalue weighted by atomic mass is 16.3. The van der Waals surface area contributed by atoms with E-state index in [0.717, 1.165) is 95.9 Å². The Kier molecular flexibility index (Phi) is 6.75. The number of nitrogens with zero attached hydrogens (tertiary/aromatic N) is 4. The van der Waals surface area contributed by atoms with Crippen LogP contribution < -0.4 is 0 Å². The summed E-state index contributed by atoms with van der Waals surface area (Å²) in [6.07, 6.45) is 3.72. The van der Waals surface area contributed by atoms with Crippen molar-refractivity contribution in [2.45, 2.75) is 12.8 Å². The van der Waals surface area contributed by atoms with Crippen molar-refractivity contribution in [2.75, 3.05) is 0 Å². The average molecular weight is 757 g/mol. The van der Waals surface area contributed by atoms with E-state index in [9.17, 15) is 0 Å². The second-order valence-electron chi connectivity index (χ2n) is 15.5. The minimum atomic E-state index is 0.593. The topological polar surface area (TPSA) is 69.9 Å². The molecule has 1 aliphatic rings. The molecule has 0 saturated carbocycles. The van der Waals surface area contributed by atoms with Crippen LogP contribution in [0.25, 0.3) is 116 Å². The molecule has 0 radical (unpaired) electrons. The van der Waals surface area contributed by atoms with Crippen molar-refractivity contribution in [3.05, 3.63) is 181 Å². The molecule has 0 bridgehead atoms. The van der Waals surface area contributed by atoms with Crippen LogP contribution in [-0.2, 0) is 6.42 Å². The molecule has 59 heavy (non-hydrogen) atoms. The highest BCUT2D eigenvalue weighted by Gasteiger charge is 2.26. The van der Waals surface area contributed by atoms with Gasteiger partial charge in [0.15, 0.2) is 17.5 Å². The monoisotopic (exact) mass is 756 g/mol. The molecule has 13 rings (SSSR count). The van der Waals surface area contributed by atoms with E-state index in [4.69, 9.17) is 23.8 Å². The van der Waals surface area contributed by atoms with Gasteiger partial charge in [0.2, 0.25) is 0 Å². The van der Waals surface area contributed by atoms with E-state index in [0.29, 0.717) is 17.5 Å². The van der Waals surface area contributed by atoms with Crippen LogP contribution in [0.2, 0.25) is 0 Å². The molecule has 0 fully saturated rings. The van der Waals surface area contributed by atoms with Crippen LogP contribution in [-0.4, -0.2) is 19.5 Å². The molecule has 0 unspecified atom stereocenters. The first kappa shape index (κ1) is 32.3. The Morgan fingerprint density at radius 2 is 1.10 bits per heavy atom. The average Bonchev–Trinajstić information content (AvgIpc) is 3.97. The first-order chi connectivity index (χ1) is 29.2. The number of hydrogen-bond donors (Lipinski definition) is 0. The quantitative estimate of drug-likeness (QED) is 0.179. The molecule has 0 atom stereocenters. The Bertz CT molecular complexity index is 3750. The van der Waals surface area contributed by atoms with Crippen molar-refractivity contribution in [1.29, 1.82) is 0 Å². The van der Waals surface area contributed by atoms with Gasteiger partial charge in [0.05, 0.1) is 22.1 Å². The molecule has 6 nitrogen and oxygen atoms in total. The maximum absolute atomic E-state index is 6.61. The van der Waals surface area contributed by atoms with Gasteiger partial charge in [-0.1, -0.05) is 115 Å². The molecule has 6 heteroatoms. The summed E-state index contributed by atoms with van der Waals surface area (Å²) in [7, 11) is 0. The number of fused-ring (bicyclic) bond motifs is 11. The number of allylic oxidation sites excluding steroid dienone is 1. The molecule has 4 heterocycles. The van der Waals surface area contributed by atoms with Gasteiger partial charge in [0, 0.05) is 44.7 Å². The van der Waals surface area contributed by atoms with E-state index in [2.05, 4.69) is 150 Å².